The van der Waals surface area contributed by atoms with Crippen LogP contribution in [0.4, 0.5) is 8.78 Å². The van der Waals surface area contributed by atoms with Crippen LogP contribution in [-0.4, -0.2) is 17.9 Å². The lowest BCUT2D eigenvalue weighted by atomic mass is 10.0. The molecule has 2 aromatic carbocycles. The zero-order valence-electron chi connectivity index (χ0n) is 13.0. The van der Waals surface area contributed by atoms with E-state index in [1.807, 2.05) is 0 Å². The number of carbonyl (C=O) groups is 1. The lowest BCUT2D eigenvalue weighted by Crippen LogP contribution is -2.08. The number of nitrogens with one attached hydrogen (secondary N) is 1. The van der Waals surface area contributed by atoms with Crippen LogP contribution in [0.15, 0.2) is 36.5 Å². The van der Waals surface area contributed by atoms with Crippen LogP contribution in [0.2, 0.25) is 0 Å². The van der Waals surface area contributed by atoms with Crippen LogP contribution in [0, 0.1) is 18.6 Å². The highest BCUT2D eigenvalue weighted by Gasteiger charge is 2.25. The van der Waals surface area contributed by atoms with Crippen molar-refractivity contribution in [2.45, 2.75) is 11.8 Å². The van der Waals surface area contributed by atoms with Crippen molar-refractivity contribution in [3.63, 3.8) is 0 Å². The summed E-state index contributed by atoms with van der Waals surface area (Å²) in [6, 6.07) is 6.70. The normalized spacial score (nSPS) is 12.4. The summed E-state index contributed by atoms with van der Waals surface area (Å²) in [4.78, 5) is 15.1. The van der Waals surface area contributed by atoms with E-state index in [2.05, 4.69) is 20.9 Å². The average Bonchev–Trinajstić information content (AvgIpc) is 2.97. The Morgan fingerprint density at radius 1 is 1.21 bits per heavy atom. The van der Waals surface area contributed by atoms with Crippen molar-refractivity contribution in [1.82, 2.24) is 4.98 Å². The maximum atomic E-state index is 13.7. The number of hydrogen-bond acceptors (Lipinski definition) is 2. The van der Waals surface area contributed by atoms with Gasteiger partial charge in [-0.3, -0.25) is 4.79 Å². The molecule has 3 rings (SSSR count). The minimum Gasteiger partial charge on any atom is -0.496 e. The lowest BCUT2D eigenvalue weighted by Gasteiger charge is -2.13. The van der Waals surface area contributed by atoms with Gasteiger partial charge in [-0.05, 0) is 30.7 Å². The van der Waals surface area contributed by atoms with Gasteiger partial charge in [0.05, 0.1) is 7.11 Å². The first-order chi connectivity index (χ1) is 11.4. The largest absolute Gasteiger partial charge is 0.496 e. The number of aromatic nitrogens is 1. The second-order valence-electron chi connectivity index (χ2n) is 5.46. The molecular weight excluding hydrogens is 380 g/mol. The van der Waals surface area contributed by atoms with Crippen molar-refractivity contribution in [2.24, 2.45) is 0 Å². The fourth-order valence-electron chi connectivity index (χ4n) is 2.75. The van der Waals surface area contributed by atoms with Crippen molar-refractivity contribution < 1.29 is 18.3 Å². The number of hydrogen-bond donors (Lipinski definition) is 1. The van der Waals surface area contributed by atoms with Gasteiger partial charge in [0.25, 0.3) is 0 Å². The van der Waals surface area contributed by atoms with Gasteiger partial charge in [-0.15, -0.1) is 0 Å². The average molecular weight is 394 g/mol. The zero-order chi connectivity index (χ0) is 17.4. The molecule has 0 fully saturated rings. The third-order valence-electron chi connectivity index (χ3n) is 3.92. The van der Waals surface area contributed by atoms with Crippen molar-refractivity contribution in [3.05, 3.63) is 64.9 Å². The first-order valence-electron chi connectivity index (χ1n) is 7.21. The fourth-order valence-corrected chi connectivity index (χ4v) is 3.37. The molecule has 0 saturated heterocycles. The molecule has 0 amide bonds. The Kier molecular flexibility index (Phi) is 4.41. The van der Waals surface area contributed by atoms with Gasteiger partial charge in [-0.25, -0.2) is 8.78 Å². The van der Waals surface area contributed by atoms with E-state index in [-0.39, 0.29) is 11.5 Å². The van der Waals surface area contributed by atoms with Gasteiger partial charge in [0.1, 0.15) is 22.2 Å². The molecule has 0 bridgehead atoms. The summed E-state index contributed by atoms with van der Waals surface area (Å²) in [5.74, 6) is -0.852. The number of aromatic amines is 1. The third kappa shape index (κ3) is 2.82. The monoisotopic (exact) mass is 393 g/mol. The topological polar surface area (TPSA) is 42.1 Å². The molecule has 1 N–H and O–H groups in total. The number of benzene rings is 2. The fraction of sp³-hybridized carbons (Fsp3) is 0.167. The van der Waals surface area contributed by atoms with Gasteiger partial charge in [-0.1, -0.05) is 22.0 Å². The Hall–Kier alpha value is -2.21. The minimum atomic E-state index is -0.740. The quantitative estimate of drug-likeness (QED) is 0.495. The van der Waals surface area contributed by atoms with Crippen molar-refractivity contribution in [3.8, 4) is 5.75 Å². The molecule has 0 spiro atoms. The number of ether oxygens (including phenoxy) is 1. The maximum absolute atomic E-state index is 13.7. The highest BCUT2D eigenvalue weighted by molar-refractivity contribution is 9.09. The molecule has 3 nitrogen and oxygen atoms in total. The van der Waals surface area contributed by atoms with Gasteiger partial charge in [0.2, 0.25) is 0 Å². The highest BCUT2D eigenvalue weighted by atomic mass is 79.9. The van der Waals surface area contributed by atoms with E-state index in [1.165, 1.54) is 37.4 Å². The first-order valence-corrected chi connectivity index (χ1v) is 8.13. The van der Waals surface area contributed by atoms with Crippen LogP contribution in [0.5, 0.6) is 5.75 Å². The summed E-state index contributed by atoms with van der Waals surface area (Å²) >= 11 is 3.35. The predicted molar refractivity (Wildman–Crippen MR) is 91.9 cm³/mol. The van der Waals surface area contributed by atoms with Crippen molar-refractivity contribution in [2.75, 3.05) is 7.11 Å². The van der Waals surface area contributed by atoms with E-state index >= 15 is 0 Å². The summed E-state index contributed by atoms with van der Waals surface area (Å²) in [6.45, 7) is 1.77. The van der Waals surface area contributed by atoms with Crippen LogP contribution >= 0.6 is 15.9 Å². The Morgan fingerprint density at radius 3 is 2.67 bits per heavy atom. The number of aryl methyl sites for hydroxylation is 1. The summed E-state index contributed by atoms with van der Waals surface area (Å²) < 4.78 is 32.2. The molecule has 6 heteroatoms. The Labute approximate surface area is 145 Å². The summed E-state index contributed by atoms with van der Waals surface area (Å²) in [5.41, 5.74) is 2.30. The minimum absolute atomic E-state index is 0.267. The maximum Gasteiger partial charge on any atom is 0.183 e. The lowest BCUT2D eigenvalue weighted by molar-refractivity contribution is 0.0992. The highest BCUT2D eigenvalue weighted by Crippen LogP contribution is 2.36. The standard InChI is InChI=1S/C18H14BrF2NO2/c1-9-5-11(21)6-13-14(8-22-17(9)13)18(23)16(19)12-4-3-10(20)7-15(12)24-2/h3-8,16,22H,1-2H3. The molecule has 0 aliphatic heterocycles. The molecule has 124 valence electrons. The molecule has 1 heterocycles. The number of methoxy groups -OCH3 is 1. The second kappa shape index (κ2) is 6.36. The van der Waals surface area contributed by atoms with E-state index in [1.54, 1.807) is 13.1 Å². The van der Waals surface area contributed by atoms with Gasteiger partial charge < -0.3 is 9.72 Å². The third-order valence-corrected chi connectivity index (χ3v) is 4.82. The van der Waals surface area contributed by atoms with Crippen LogP contribution < -0.4 is 4.74 Å². The molecule has 3 aromatic rings. The summed E-state index contributed by atoms with van der Waals surface area (Å²) in [7, 11) is 1.41. The summed E-state index contributed by atoms with van der Waals surface area (Å²) in [5, 5.41) is 0.517. The molecule has 24 heavy (non-hydrogen) atoms. The van der Waals surface area contributed by atoms with E-state index in [0.717, 1.165) is 5.56 Å². The number of ketones is 1. The number of fused-ring (bicyclic) bond motifs is 1. The Morgan fingerprint density at radius 2 is 1.96 bits per heavy atom. The number of carbonyl (C=O) groups excluding carboxylic acids is 1. The van der Waals surface area contributed by atoms with Gasteiger partial charge in [0.15, 0.2) is 5.78 Å². The number of H-pyrrole nitrogens is 1. The number of rotatable bonds is 4. The molecule has 0 saturated carbocycles. The SMILES string of the molecule is COc1cc(F)ccc1C(Br)C(=O)c1c[nH]c2c(C)cc(F)cc12. The molecule has 0 radical (unpaired) electrons. The smallest absolute Gasteiger partial charge is 0.183 e. The van der Waals surface area contributed by atoms with Crippen LogP contribution in [0.1, 0.15) is 26.3 Å². The summed E-state index contributed by atoms with van der Waals surface area (Å²) in [6.07, 6.45) is 1.56. The predicted octanol–water partition coefficient (Wildman–Crippen LogP) is 5.08. The van der Waals surface area contributed by atoms with Crippen LogP contribution in [0.25, 0.3) is 10.9 Å². The molecular formula is C18H14BrF2NO2. The molecule has 1 aromatic heterocycles. The van der Waals surface area contributed by atoms with E-state index in [0.29, 0.717) is 22.0 Å². The van der Waals surface area contributed by atoms with Gasteiger partial charge >= 0.3 is 0 Å². The van der Waals surface area contributed by atoms with E-state index in [4.69, 9.17) is 4.74 Å². The molecule has 0 aliphatic rings. The number of alkyl halides is 1. The van der Waals surface area contributed by atoms with Crippen molar-refractivity contribution in [1.29, 1.82) is 0 Å². The molecule has 1 atom stereocenters. The number of halogens is 3. The van der Waals surface area contributed by atoms with Crippen molar-refractivity contribution >= 4 is 32.6 Å². The van der Waals surface area contributed by atoms with Crippen LogP contribution in [0.3, 0.4) is 0 Å². The first kappa shape index (κ1) is 16.6. The molecule has 1 unspecified atom stereocenters. The number of Topliss-reactive ketones (excluding diaryl/α,β-unsaturated/α-hetero) is 1. The van der Waals surface area contributed by atoms with E-state index < -0.39 is 16.5 Å². The van der Waals surface area contributed by atoms with Gasteiger partial charge in [0, 0.05) is 34.3 Å². The zero-order valence-corrected chi connectivity index (χ0v) is 14.6. The Bertz CT molecular complexity index is 936. The Balaban J connectivity index is 2.06. The van der Waals surface area contributed by atoms with Crippen LogP contribution in [-0.2, 0) is 0 Å². The van der Waals surface area contributed by atoms with E-state index in [9.17, 15) is 13.6 Å². The molecule has 0 aliphatic carbocycles. The van der Waals surface area contributed by atoms with Gasteiger partial charge in [-0.2, -0.15) is 0 Å². The second-order valence-corrected chi connectivity index (χ2v) is 6.38.